The Kier molecular flexibility index (Phi) is 5.14. The normalized spacial score (nSPS) is 11.8. The molecule has 5 nitrogen and oxygen atoms in total. The topological polar surface area (TPSA) is 67.5 Å². The summed E-state index contributed by atoms with van der Waals surface area (Å²) in [5.41, 5.74) is -3.42. The molecule has 2 aromatic rings. The second-order valence-corrected chi connectivity index (χ2v) is 4.69. The molecule has 12 heteroatoms. The van der Waals surface area contributed by atoms with Gasteiger partial charge in [0.05, 0.1) is 16.7 Å². The van der Waals surface area contributed by atoms with Crippen LogP contribution in [0.4, 0.5) is 42.1 Å². The van der Waals surface area contributed by atoms with E-state index in [2.05, 4.69) is 5.10 Å². The number of benzene rings is 2. The van der Waals surface area contributed by atoms with E-state index >= 15 is 0 Å². The largest absolute Gasteiger partial charge is 0.422 e. The van der Waals surface area contributed by atoms with E-state index in [1.807, 2.05) is 0 Å². The van der Waals surface area contributed by atoms with Crippen molar-refractivity contribution in [1.29, 1.82) is 0 Å². The zero-order chi connectivity index (χ0) is 19.6. The Morgan fingerprint density at radius 3 is 2.04 bits per heavy atom. The van der Waals surface area contributed by atoms with E-state index in [0.29, 0.717) is 6.21 Å². The number of para-hydroxylation sites is 1. The lowest BCUT2D eigenvalue weighted by atomic mass is 10.1. The fourth-order valence-corrected chi connectivity index (χ4v) is 1.91. The molecule has 0 aliphatic heterocycles. The number of anilines is 1. The summed E-state index contributed by atoms with van der Waals surface area (Å²) in [5, 5.41) is 14.0. The standard InChI is InChI=1S/C14H6F7N3O2/c15-9-8(14(19,20)21)10(16)12(18)13(11(9)17)23-22-5-6-3-1-2-4-7(6)24(25)26/h1-5,23H/b22-5+. The zero-order valence-electron chi connectivity index (χ0n) is 12.2. The van der Waals surface area contributed by atoms with Gasteiger partial charge in [-0.1, -0.05) is 12.1 Å². The number of nitro groups is 1. The van der Waals surface area contributed by atoms with Crippen molar-refractivity contribution in [3.63, 3.8) is 0 Å². The molecule has 0 saturated carbocycles. The number of halogens is 7. The predicted molar refractivity (Wildman–Crippen MR) is 75.6 cm³/mol. The van der Waals surface area contributed by atoms with Crippen LogP contribution in [-0.4, -0.2) is 11.1 Å². The molecule has 0 atom stereocenters. The van der Waals surface area contributed by atoms with Crippen LogP contribution in [0.15, 0.2) is 29.4 Å². The van der Waals surface area contributed by atoms with Gasteiger partial charge in [0.1, 0.15) is 11.3 Å². The smallest absolute Gasteiger partial charge is 0.272 e. The minimum atomic E-state index is -5.66. The van der Waals surface area contributed by atoms with Gasteiger partial charge in [0.15, 0.2) is 23.3 Å². The van der Waals surface area contributed by atoms with Crippen LogP contribution in [0.25, 0.3) is 0 Å². The number of alkyl halides is 3. The summed E-state index contributed by atoms with van der Waals surface area (Å²) in [6.07, 6.45) is -4.97. The van der Waals surface area contributed by atoms with Crippen LogP contribution in [0.3, 0.4) is 0 Å². The van der Waals surface area contributed by atoms with Gasteiger partial charge in [-0.15, -0.1) is 0 Å². The van der Waals surface area contributed by atoms with Crippen molar-refractivity contribution in [2.45, 2.75) is 6.18 Å². The lowest BCUT2D eigenvalue weighted by molar-refractivity contribution is -0.385. The number of hydrogen-bond donors (Lipinski definition) is 1. The molecule has 0 bridgehead atoms. The third kappa shape index (κ3) is 3.58. The highest BCUT2D eigenvalue weighted by Gasteiger charge is 2.42. The lowest BCUT2D eigenvalue weighted by Crippen LogP contribution is -2.16. The molecule has 0 radical (unpaired) electrons. The number of hydrogen-bond acceptors (Lipinski definition) is 4. The summed E-state index contributed by atoms with van der Waals surface area (Å²) in [7, 11) is 0. The van der Waals surface area contributed by atoms with Crippen molar-refractivity contribution in [3.05, 3.63) is 68.8 Å². The van der Waals surface area contributed by atoms with E-state index in [4.69, 9.17) is 0 Å². The molecule has 0 amide bonds. The average molecular weight is 381 g/mol. The van der Waals surface area contributed by atoms with Crippen LogP contribution in [0.1, 0.15) is 11.1 Å². The van der Waals surface area contributed by atoms with Crippen LogP contribution in [0.5, 0.6) is 0 Å². The molecule has 26 heavy (non-hydrogen) atoms. The summed E-state index contributed by atoms with van der Waals surface area (Å²) in [5.74, 6) is -10.0. The summed E-state index contributed by atoms with van der Waals surface area (Å²) in [4.78, 5) is 9.99. The van der Waals surface area contributed by atoms with Gasteiger partial charge in [-0.05, 0) is 6.07 Å². The third-order valence-electron chi connectivity index (χ3n) is 3.06. The van der Waals surface area contributed by atoms with Gasteiger partial charge >= 0.3 is 6.18 Å². The van der Waals surface area contributed by atoms with Crippen LogP contribution >= 0.6 is 0 Å². The fraction of sp³-hybridized carbons (Fsp3) is 0.0714. The molecule has 0 spiro atoms. The van der Waals surface area contributed by atoms with Crippen molar-refractivity contribution in [2.24, 2.45) is 5.10 Å². The maximum atomic E-state index is 13.6. The molecule has 0 unspecified atom stereocenters. The molecule has 2 aromatic carbocycles. The highest BCUT2D eigenvalue weighted by molar-refractivity contribution is 5.85. The van der Waals surface area contributed by atoms with E-state index in [-0.39, 0.29) is 5.56 Å². The zero-order valence-corrected chi connectivity index (χ0v) is 12.2. The molecule has 138 valence electrons. The summed E-state index contributed by atoms with van der Waals surface area (Å²) in [6, 6.07) is 4.97. The van der Waals surface area contributed by atoms with Crippen LogP contribution in [0.2, 0.25) is 0 Å². The number of nitrogens with one attached hydrogen (secondary N) is 1. The molecule has 0 aromatic heterocycles. The molecular weight excluding hydrogens is 375 g/mol. The number of rotatable bonds is 4. The Morgan fingerprint density at radius 2 is 1.54 bits per heavy atom. The van der Waals surface area contributed by atoms with Crippen molar-refractivity contribution in [2.75, 3.05) is 5.43 Å². The minimum Gasteiger partial charge on any atom is -0.272 e. The van der Waals surface area contributed by atoms with Crippen molar-refractivity contribution in [1.82, 2.24) is 0 Å². The molecule has 0 heterocycles. The van der Waals surface area contributed by atoms with E-state index in [9.17, 15) is 40.8 Å². The summed E-state index contributed by atoms with van der Waals surface area (Å²) < 4.78 is 91.6. The van der Waals surface area contributed by atoms with Gasteiger partial charge < -0.3 is 0 Å². The third-order valence-corrected chi connectivity index (χ3v) is 3.06. The van der Waals surface area contributed by atoms with Crippen LogP contribution in [-0.2, 0) is 6.18 Å². The minimum absolute atomic E-state index is 0.140. The molecule has 0 saturated heterocycles. The summed E-state index contributed by atoms with van der Waals surface area (Å²) in [6.45, 7) is 0. The van der Waals surface area contributed by atoms with Crippen LogP contribution in [0, 0.1) is 33.4 Å². The quantitative estimate of drug-likeness (QED) is 0.276. The number of nitro benzene ring substituents is 1. The molecule has 0 aliphatic carbocycles. The van der Waals surface area contributed by atoms with Crippen molar-refractivity contribution in [3.8, 4) is 0 Å². The first-order chi connectivity index (χ1) is 12.1. The van der Waals surface area contributed by atoms with Gasteiger partial charge in [-0.3, -0.25) is 15.5 Å². The first-order valence-electron chi connectivity index (χ1n) is 6.51. The van der Waals surface area contributed by atoms with Crippen LogP contribution < -0.4 is 5.43 Å². The van der Waals surface area contributed by atoms with E-state index in [1.54, 1.807) is 0 Å². The van der Waals surface area contributed by atoms with E-state index in [0.717, 1.165) is 6.07 Å². The lowest BCUT2D eigenvalue weighted by Gasteiger charge is -2.13. The molecular formula is C14H6F7N3O2. The second-order valence-electron chi connectivity index (χ2n) is 4.69. The maximum Gasteiger partial charge on any atom is 0.422 e. The molecule has 0 aliphatic rings. The first kappa shape index (κ1) is 19.1. The monoisotopic (exact) mass is 381 g/mol. The van der Waals surface area contributed by atoms with Gasteiger partial charge in [0, 0.05) is 6.07 Å². The first-order valence-corrected chi connectivity index (χ1v) is 6.51. The Balaban J connectivity index is 2.42. The molecule has 0 fully saturated rings. The second kappa shape index (κ2) is 6.98. The molecule has 2 rings (SSSR count). The number of nitrogens with zero attached hydrogens (tertiary/aromatic N) is 2. The Hall–Kier alpha value is -3.18. The molecule has 1 N–H and O–H groups in total. The van der Waals surface area contributed by atoms with Gasteiger partial charge in [0.25, 0.3) is 5.69 Å². The van der Waals surface area contributed by atoms with E-state index < -0.39 is 51.3 Å². The van der Waals surface area contributed by atoms with Crippen molar-refractivity contribution >= 4 is 17.6 Å². The highest BCUT2D eigenvalue weighted by atomic mass is 19.4. The Bertz CT molecular complexity index is 868. The Morgan fingerprint density at radius 1 is 1.00 bits per heavy atom. The fourth-order valence-electron chi connectivity index (χ4n) is 1.91. The average Bonchev–Trinajstić information content (AvgIpc) is 2.55. The predicted octanol–water partition coefficient (Wildman–Crippen LogP) is 4.62. The van der Waals surface area contributed by atoms with Gasteiger partial charge in [-0.25, -0.2) is 17.6 Å². The van der Waals surface area contributed by atoms with Gasteiger partial charge in [0.2, 0.25) is 0 Å². The van der Waals surface area contributed by atoms with Gasteiger partial charge in [-0.2, -0.15) is 18.3 Å². The van der Waals surface area contributed by atoms with E-state index in [1.165, 1.54) is 23.6 Å². The highest BCUT2D eigenvalue weighted by Crippen LogP contribution is 2.38. The maximum absolute atomic E-state index is 13.6. The Labute approximate surface area is 139 Å². The summed E-state index contributed by atoms with van der Waals surface area (Å²) >= 11 is 0. The number of hydrazone groups is 1. The SMILES string of the molecule is O=[N+]([O-])c1ccccc1/C=N/Nc1c(F)c(F)c(C(F)(F)F)c(F)c1F. The van der Waals surface area contributed by atoms with Crippen molar-refractivity contribution < 1.29 is 35.7 Å².